The third kappa shape index (κ3) is 2.19. The highest BCUT2D eigenvalue weighted by molar-refractivity contribution is 5.24. The van der Waals surface area contributed by atoms with Gasteiger partial charge in [-0.05, 0) is 12.5 Å². The largest absolute Gasteiger partial charge is 0.327 e. The van der Waals surface area contributed by atoms with Crippen molar-refractivity contribution in [1.29, 1.82) is 0 Å². The summed E-state index contributed by atoms with van der Waals surface area (Å²) < 4.78 is 0. The van der Waals surface area contributed by atoms with Crippen LogP contribution in [0.5, 0.6) is 0 Å². The lowest BCUT2D eigenvalue weighted by atomic mass is 10.1. The van der Waals surface area contributed by atoms with E-state index in [1.54, 1.807) is 0 Å². The van der Waals surface area contributed by atoms with Crippen LogP contribution in [0.2, 0.25) is 0 Å². The minimum absolute atomic E-state index is 0.109. The highest BCUT2D eigenvalue weighted by Gasteiger charge is 1.95. The van der Waals surface area contributed by atoms with Gasteiger partial charge >= 0.3 is 0 Å². The van der Waals surface area contributed by atoms with E-state index in [0.29, 0.717) is 0 Å². The van der Waals surface area contributed by atoms with Crippen molar-refractivity contribution in [1.82, 2.24) is 0 Å². The maximum atomic E-state index is 5.46. The molecule has 52 valence electrons. The second kappa shape index (κ2) is 3.37. The number of nitrogens with two attached hydrogens (primary N) is 1. The first-order chi connectivity index (χ1) is 4.79. The van der Waals surface area contributed by atoms with E-state index in [9.17, 15) is 0 Å². The van der Waals surface area contributed by atoms with E-state index < -0.39 is 0 Å². The van der Waals surface area contributed by atoms with Gasteiger partial charge in [-0.1, -0.05) is 30.3 Å². The van der Waals surface area contributed by atoms with Gasteiger partial charge in [-0.2, -0.15) is 0 Å². The van der Waals surface area contributed by atoms with E-state index in [1.165, 1.54) is 0 Å². The molecule has 1 heteroatoms. The molecule has 0 fully saturated rings. The molecular formula is C9H11N. The van der Waals surface area contributed by atoms with Crippen molar-refractivity contribution in [2.45, 2.75) is 6.04 Å². The van der Waals surface area contributed by atoms with Crippen LogP contribution < -0.4 is 5.73 Å². The fourth-order valence-electron chi connectivity index (χ4n) is 0.811. The average Bonchev–Trinajstić information content (AvgIpc) is 1.88. The normalized spacial score (nSPS) is 13.0. The summed E-state index contributed by atoms with van der Waals surface area (Å²) in [6, 6.07) is 9.84. The lowest BCUT2D eigenvalue weighted by molar-refractivity contribution is 0.959. The van der Waals surface area contributed by atoms with Crippen LogP contribution in [-0.2, 0) is 0 Å². The summed E-state index contributed by atoms with van der Waals surface area (Å²) >= 11 is 0. The average molecular weight is 133 g/mol. The molecule has 1 atom stereocenters. The Morgan fingerprint density at radius 3 is 2.40 bits per heavy atom. The van der Waals surface area contributed by atoms with E-state index in [1.807, 2.05) is 36.8 Å². The van der Waals surface area contributed by atoms with Crippen LogP contribution >= 0.6 is 0 Å². The fraction of sp³-hybridized carbons (Fsp3) is 0.111. The monoisotopic (exact) mass is 133 g/mol. The topological polar surface area (TPSA) is 26.0 Å². The molecule has 0 spiro atoms. The highest BCUT2D eigenvalue weighted by atomic mass is 14.6. The molecule has 0 aliphatic heterocycles. The van der Waals surface area contributed by atoms with Crippen LogP contribution in [0.25, 0.3) is 0 Å². The van der Waals surface area contributed by atoms with Crippen LogP contribution in [0.1, 0.15) is 5.56 Å². The van der Waals surface area contributed by atoms with Gasteiger partial charge in [-0.15, -0.1) is 0 Å². The Morgan fingerprint density at radius 1 is 1.30 bits per heavy atom. The Balaban J connectivity index is 2.59. The van der Waals surface area contributed by atoms with E-state index in [0.717, 1.165) is 5.56 Å². The molecule has 2 N–H and O–H groups in total. The minimum atomic E-state index is -0.109. The highest BCUT2D eigenvalue weighted by Crippen LogP contribution is 2.02. The van der Waals surface area contributed by atoms with Crippen molar-refractivity contribution in [2.24, 2.45) is 5.73 Å². The first-order valence-electron chi connectivity index (χ1n) is 3.27. The quantitative estimate of drug-likeness (QED) is 0.648. The maximum Gasteiger partial charge on any atom is 0.0115 e. The molecule has 1 aromatic rings. The van der Waals surface area contributed by atoms with Gasteiger partial charge in [0.1, 0.15) is 0 Å². The zero-order chi connectivity index (χ0) is 7.40. The third-order valence-electron chi connectivity index (χ3n) is 1.21. The van der Waals surface area contributed by atoms with Crippen molar-refractivity contribution in [2.75, 3.05) is 0 Å². The molecule has 1 nitrogen and oxygen atoms in total. The van der Waals surface area contributed by atoms with Crippen molar-refractivity contribution < 1.29 is 0 Å². The predicted molar refractivity (Wildman–Crippen MR) is 43.2 cm³/mol. The Bertz CT molecular complexity index is 179. The molecule has 0 saturated heterocycles. The Morgan fingerprint density at radius 2 is 1.90 bits per heavy atom. The summed E-state index contributed by atoms with van der Waals surface area (Å²) in [6.45, 7) is 3.66. The first-order valence-corrected chi connectivity index (χ1v) is 3.27. The van der Waals surface area contributed by atoms with Crippen molar-refractivity contribution in [3.8, 4) is 0 Å². The molecule has 1 rings (SSSR count). The number of benzene rings is 1. The van der Waals surface area contributed by atoms with Crippen molar-refractivity contribution in [3.05, 3.63) is 49.2 Å². The summed E-state index contributed by atoms with van der Waals surface area (Å²) in [4.78, 5) is 0. The van der Waals surface area contributed by atoms with Gasteiger partial charge in [-0.25, -0.2) is 0 Å². The molecule has 0 aliphatic rings. The summed E-state index contributed by atoms with van der Waals surface area (Å²) in [5.74, 6) is 0. The van der Waals surface area contributed by atoms with Gasteiger partial charge in [0, 0.05) is 12.5 Å². The third-order valence-corrected chi connectivity index (χ3v) is 1.21. The van der Waals surface area contributed by atoms with Gasteiger partial charge in [0.2, 0.25) is 0 Å². The smallest absolute Gasteiger partial charge is 0.0115 e. The van der Waals surface area contributed by atoms with Crippen LogP contribution in [0, 0.1) is 13.3 Å². The molecule has 0 aromatic heterocycles. The minimum Gasteiger partial charge on any atom is -0.327 e. The molecule has 0 heterocycles. The zero-order valence-corrected chi connectivity index (χ0v) is 5.83. The van der Waals surface area contributed by atoms with Gasteiger partial charge in [0.05, 0.1) is 0 Å². The van der Waals surface area contributed by atoms with E-state index in [4.69, 9.17) is 5.73 Å². The van der Waals surface area contributed by atoms with Crippen LogP contribution in [0.4, 0.5) is 0 Å². The van der Waals surface area contributed by atoms with E-state index >= 15 is 0 Å². The van der Waals surface area contributed by atoms with Gasteiger partial charge in [0.25, 0.3) is 0 Å². The molecular weight excluding hydrogens is 122 g/mol. The number of hydrogen-bond donors (Lipinski definition) is 1. The molecule has 0 saturated carbocycles. The SMILES string of the molecule is [CH2]C(N)[CH]c1ccccc1. The summed E-state index contributed by atoms with van der Waals surface area (Å²) in [6.07, 6.45) is 1.92. The van der Waals surface area contributed by atoms with Gasteiger partial charge < -0.3 is 5.73 Å². The van der Waals surface area contributed by atoms with Crippen LogP contribution in [-0.4, -0.2) is 6.04 Å². The number of rotatable bonds is 2. The van der Waals surface area contributed by atoms with E-state index in [-0.39, 0.29) is 6.04 Å². The van der Waals surface area contributed by atoms with Gasteiger partial charge in [0.15, 0.2) is 0 Å². The Hall–Kier alpha value is -0.820. The summed E-state index contributed by atoms with van der Waals surface area (Å²) in [5, 5.41) is 0. The van der Waals surface area contributed by atoms with Crippen molar-refractivity contribution in [3.63, 3.8) is 0 Å². The molecule has 1 unspecified atom stereocenters. The lowest BCUT2D eigenvalue weighted by Gasteiger charge is -2.02. The standard InChI is InChI=1S/C9H11N/c1-8(10)7-9-5-3-2-4-6-9/h2-8H,1,10H2. The Kier molecular flexibility index (Phi) is 2.46. The van der Waals surface area contributed by atoms with Crippen LogP contribution in [0.15, 0.2) is 30.3 Å². The lowest BCUT2D eigenvalue weighted by Crippen LogP contribution is -2.15. The molecule has 2 radical (unpaired) electrons. The molecule has 0 bridgehead atoms. The fourth-order valence-corrected chi connectivity index (χ4v) is 0.811. The summed E-state index contributed by atoms with van der Waals surface area (Å²) in [7, 11) is 0. The summed E-state index contributed by atoms with van der Waals surface area (Å²) in [5.41, 5.74) is 6.59. The molecule has 10 heavy (non-hydrogen) atoms. The van der Waals surface area contributed by atoms with Crippen LogP contribution in [0.3, 0.4) is 0 Å². The first kappa shape index (κ1) is 7.29. The molecule has 1 aromatic carbocycles. The zero-order valence-electron chi connectivity index (χ0n) is 5.83. The predicted octanol–water partition coefficient (Wildman–Crippen LogP) is 1.40. The number of hydrogen-bond acceptors (Lipinski definition) is 1. The Labute approximate surface area is 61.9 Å². The second-order valence-electron chi connectivity index (χ2n) is 2.24. The maximum absolute atomic E-state index is 5.46. The van der Waals surface area contributed by atoms with Crippen molar-refractivity contribution >= 4 is 0 Å². The van der Waals surface area contributed by atoms with E-state index in [2.05, 4.69) is 6.92 Å². The van der Waals surface area contributed by atoms with Gasteiger partial charge in [-0.3, -0.25) is 0 Å². The second-order valence-corrected chi connectivity index (χ2v) is 2.24. The molecule has 0 aliphatic carbocycles. The molecule has 0 amide bonds.